The van der Waals surface area contributed by atoms with Crippen LogP contribution < -0.4 is 10.1 Å². The SMILES string of the molecule is O=C1c2ccc(Cl)cc2N(O)CN1CCN1CN(O)c2cc(Cl)ccc2C1=O. The molecule has 2 heterocycles. The van der Waals surface area contributed by atoms with Crippen molar-refractivity contribution in [3.63, 3.8) is 0 Å². The third-order valence-electron chi connectivity index (χ3n) is 4.76. The van der Waals surface area contributed by atoms with Gasteiger partial charge in [-0.25, -0.2) is 10.1 Å². The first-order chi connectivity index (χ1) is 13.3. The molecule has 2 N–H and O–H groups in total. The lowest BCUT2D eigenvalue weighted by atomic mass is 10.1. The van der Waals surface area contributed by atoms with Crippen LogP contribution in [-0.4, -0.2) is 58.5 Å². The lowest BCUT2D eigenvalue weighted by Crippen LogP contribution is -2.51. The Hall–Kier alpha value is -2.52. The number of amides is 2. The van der Waals surface area contributed by atoms with E-state index in [1.165, 1.54) is 21.9 Å². The summed E-state index contributed by atoms with van der Waals surface area (Å²) in [5.41, 5.74) is 1.34. The Morgan fingerprint density at radius 1 is 0.750 bits per heavy atom. The first-order valence-electron chi connectivity index (χ1n) is 8.45. The molecule has 8 nitrogen and oxygen atoms in total. The third kappa shape index (κ3) is 3.24. The van der Waals surface area contributed by atoms with Crippen LogP contribution in [0.3, 0.4) is 0 Å². The second-order valence-corrected chi connectivity index (χ2v) is 7.41. The Morgan fingerprint density at radius 2 is 1.14 bits per heavy atom. The molecule has 4 rings (SSSR count). The molecule has 0 bridgehead atoms. The molecule has 2 aromatic carbocycles. The molecule has 2 aromatic rings. The summed E-state index contributed by atoms with van der Waals surface area (Å²) in [6, 6.07) is 9.30. The summed E-state index contributed by atoms with van der Waals surface area (Å²) in [5.74, 6) is -0.538. The van der Waals surface area contributed by atoms with Crippen LogP contribution in [0.1, 0.15) is 20.7 Å². The number of nitrogens with zero attached hydrogens (tertiary/aromatic N) is 4. The summed E-state index contributed by atoms with van der Waals surface area (Å²) in [4.78, 5) is 28.2. The number of hydrogen-bond donors (Lipinski definition) is 2. The summed E-state index contributed by atoms with van der Waals surface area (Å²) in [5, 5.41) is 23.1. The van der Waals surface area contributed by atoms with E-state index < -0.39 is 0 Å². The van der Waals surface area contributed by atoms with E-state index in [9.17, 15) is 20.0 Å². The molecule has 0 aliphatic carbocycles. The van der Waals surface area contributed by atoms with E-state index in [0.717, 1.165) is 10.1 Å². The van der Waals surface area contributed by atoms with E-state index in [4.69, 9.17) is 23.2 Å². The highest BCUT2D eigenvalue weighted by molar-refractivity contribution is 6.31. The van der Waals surface area contributed by atoms with Gasteiger partial charge in [0.15, 0.2) is 0 Å². The Morgan fingerprint density at radius 3 is 1.54 bits per heavy atom. The summed E-state index contributed by atoms with van der Waals surface area (Å²) < 4.78 is 0. The van der Waals surface area contributed by atoms with Crippen molar-refractivity contribution in [3.8, 4) is 0 Å². The van der Waals surface area contributed by atoms with Crippen LogP contribution in [0.5, 0.6) is 0 Å². The minimum absolute atomic E-state index is 0.0523. The van der Waals surface area contributed by atoms with Crippen molar-refractivity contribution < 1.29 is 20.0 Å². The van der Waals surface area contributed by atoms with Gasteiger partial charge in [0.2, 0.25) is 0 Å². The summed E-state index contributed by atoms with van der Waals surface area (Å²) in [6.45, 7) is 0.257. The lowest BCUT2D eigenvalue weighted by Gasteiger charge is -2.37. The molecule has 0 unspecified atom stereocenters. The van der Waals surface area contributed by atoms with Crippen LogP contribution in [0, 0.1) is 0 Å². The maximum Gasteiger partial charge on any atom is 0.257 e. The zero-order chi connectivity index (χ0) is 20.0. The van der Waals surface area contributed by atoms with Crippen molar-refractivity contribution in [1.29, 1.82) is 0 Å². The van der Waals surface area contributed by atoms with Gasteiger partial charge in [0.1, 0.15) is 13.3 Å². The van der Waals surface area contributed by atoms with Crippen LogP contribution in [0.4, 0.5) is 11.4 Å². The van der Waals surface area contributed by atoms with Gasteiger partial charge in [-0.3, -0.25) is 20.0 Å². The Labute approximate surface area is 170 Å². The van der Waals surface area contributed by atoms with E-state index in [2.05, 4.69) is 0 Å². The first kappa shape index (κ1) is 18.8. The number of hydrogen-bond acceptors (Lipinski definition) is 6. The summed E-state index contributed by atoms with van der Waals surface area (Å²) in [6.07, 6.45) is 0. The van der Waals surface area contributed by atoms with E-state index in [1.54, 1.807) is 24.3 Å². The predicted molar refractivity (Wildman–Crippen MR) is 103 cm³/mol. The Bertz CT molecular complexity index is 893. The van der Waals surface area contributed by atoms with Crippen LogP contribution in [0.25, 0.3) is 0 Å². The highest BCUT2D eigenvalue weighted by atomic mass is 35.5. The maximum absolute atomic E-state index is 12.7. The minimum Gasteiger partial charge on any atom is -0.317 e. The van der Waals surface area contributed by atoms with Gasteiger partial charge in [-0.2, -0.15) is 0 Å². The number of hydroxylamine groups is 2. The molecule has 2 aliphatic rings. The zero-order valence-corrected chi connectivity index (χ0v) is 16.1. The molecule has 2 aliphatic heterocycles. The fourth-order valence-electron chi connectivity index (χ4n) is 3.33. The Kier molecular flexibility index (Phi) is 4.80. The number of halogens is 2. The quantitative estimate of drug-likeness (QED) is 0.790. The smallest absolute Gasteiger partial charge is 0.257 e. The largest absolute Gasteiger partial charge is 0.317 e. The minimum atomic E-state index is -0.269. The summed E-state index contributed by atoms with van der Waals surface area (Å²) in [7, 11) is 0. The molecule has 10 heteroatoms. The van der Waals surface area contributed by atoms with Gasteiger partial charge in [-0.1, -0.05) is 23.2 Å². The summed E-state index contributed by atoms with van der Waals surface area (Å²) >= 11 is 11.9. The molecule has 28 heavy (non-hydrogen) atoms. The maximum atomic E-state index is 12.7. The van der Waals surface area contributed by atoms with Crippen molar-refractivity contribution >= 4 is 46.4 Å². The third-order valence-corrected chi connectivity index (χ3v) is 5.23. The molecule has 0 fully saturated rings. The molecular formula is C18H16Cl2N4O4. The number of carbonyl (C=O) groups excluding carboxylic acids is 2. The van der Waals surface area contributed by atoms with Crippen molar-refractivity contribution in [3.05, 3.63) is 57.6 Å². The number of benzene rings is 2. The van der Waals surface area contributed by atoms with E-state index >= 15 is 0 Å². The van der Waals surface area contributed by atoms with E-state index in [1.807, 2.05) is 0 Å². The number of anilines is 2. The lowest BCUT2D eigenvalue weighted by molar-refractivity contribution is 0.0546. The van der Waals surface area contributed by atoms with Gasteiger partial charge in [0, 0.05) is 23.1 Å². The highest BCUT2D eigenvalue weighted by Gasteiger charge is 2.32. The molecular weight excluding hydrogens is 407 g/mol. The first-order valence-corrected chi connectivity index (χ1v) is 9.21. The van der Waals surface area contributed by atoms with Crippen molar-refractivity contribution in [2.24, 2.45) is 0 Å². The van der Waals surface area contributed by atoms with Gasteiger partial charge in [0.25, 0.3) is 11.8 Å². The zero-order valence-electron chi connectivity index (χ0n) is 14.5. The van der Waals surface area contributed by atoms with Crippen LogP contribution in [0.2, 0.25) is 10.0 Å². The number of carbonyl (C=O) groups is 2. The fourth-order valence-corrected chi connectivity index (χ4v) is 3.66. The van der Waals surface area contributed by atoms with Crippen molar-refractivity contribution in [2.75, 3.05) is 36.6 Å². The van der Waals surface area contributed by atoms with Crippen LogP contribution >= 0.6 is 23.2 Å². The molecule has 0 saturated carbocycles. The number of fused-ring (bicyclic) bond motifs is 2. The molecule has 0 saturated heterocycles. The van der Waals surface area contributed by atoms with Gasteiger partial charge in [0.05, 0.1) is 22.5 Å². The molecule has 0 radical (unpaired) electrons. The number of rotatable bonds is 3. The van der Waals surface area contributed by atoms with Crippen molar-refractivity contribution in [1.82, 2.24) is 9.80 Å². The van der Waals surface area contributed by atoms with Crippen LogP contribution in [0.15, 0.2) is 36.4 Å². The second kappa shape index (κ2) is 7.14. The predicted octanol–water partition coefficient (Wildman–Crippen LogP) is 2.91. The van der Waals surface area contributed by atoms with Gasteiger partial charge in [-0.05, 0) is 36.4 Å². The highest BCUT2D eigenvalue weighted by Crippen LogP contribution is 2.30. The van der Waals surface area contributed by atoms with Crippen LogP contribution in [-0.2, 0) is 0 Å². The Balaban J connectivity index is 1.49. The topological polar surface area (TPSA) is 87.6 Å². The van der Waals surface area contributed by atoms with E-state index in [0.29, 0.717) is 32.5 Å². The van der Waals surface area contributed by atoms with Gasteiger partial charge in [-0.15, -0.1) is 0 Å². The normalized spacial score (nSPS) is 16.4. The average Bonchev–Trinajstić information content (AvgIpc) is 2.67. The van der Waals surface area contributed by atoms with E-state index in [-0.39, 0.29) is 38.2 Å². The fraction of sp³-hybridized carbons (Fsp3) is 0.222. The monoisotopic (exact) mass is 422 g/mol. The standard InChI is InChI=1S/C18H16Cl2N4O4/c19-11-1-3-13-15(7-11)23(27)9-21(17(13)25)5-6-22-10-24(28)16-8-12(20)2-4-14(16)18(22)26/h1-4,7-8,27-28H,5-6,9-10H2. The molecule has 0 atom stereocenters. The van der Waals surface area contributed by atoms with Gasteiger partial charge >= 0.3 is 0 Å². The second-order valence-electron chi connectivity index (χ2n) is 6.54. The molecule has 2 amide bonds. The molecule has 0 spiro atoms. The molecule has 146 valence electrons. The average molecular weight is 423 g/mol. The molecule has 0 aromatic heterocycles. The van der Waals surface area contributed by atoms with Crippen molar-refractivity contribution in [2.45, 2.75) is 0 Å². The van der Waals surface area contributed by atoms with Gasteiger partial charge < -0.3 is 9.80 Å².